The Labute approximate surface area is 192 Å². The minimum Gasteiger partial charge on any atom is -0.444 e. The van der Waals surface area contributed by atoms with Gasteiger partial charge in [0.15, 0.2) is 15.8 Å². The Hall–Kier alpha value is -0.820. The molecule has 1 rings (SSSR count). The van der Waals surface area contributed by atoms with Crippen molar-refractivity contribution >= 4 is 45.9 Å². The molecule has 2 N–H and O–H groups in total. The Morgan fingerprint density at radius 3 is 2.34 bits per heavy atom. The lowest BCUT2D eigenvalue weighted by Gasteiger charge is -2.35. The van der Waals surface area contributed by atoms with Gasteiger partial charge in [-0.1, -0.05) is 6.92 Å². The SMILES string of the molecule is CCS(=O)(=O)CCNC(=NC)NCC1C(C)OC(C)(C)N1C(=O)OC(C)(C)C.I. The van der Waals surface area contributed by atoms with Crippen LogP contribution in [-0.4, -0.2) is 80.5 Å². The van der Waals surface area contributed by atoms with E-state index in [1.54, 1.807) is 18.9 Å². The number of halogens is 1. The summed E-state index contributed by atoms with van der Waals surface area (Å²) in [5, 5.41) is 6.13. The van der Waals surface area contributed by atoms with Crippen LogP contribution in [0.5, 0.6) is 0 Å². The molecule has 0 radical (unpaired) electrons. The van der Waals surface area contributed by atoms with Gasteiger partial charge in [-0.2, -0.15) is 0 Å². The van der Waals surface area contributed by atoms with Crippen LogP contribution >= 0.6 is 24.0 Å². The highest BCUT2D eigenvalue weighted by Crippen LogP contribution is 2.33. The van der Waals surface area contributed by atoms with Crippen molar-refractivity contribution in [3.63, 3.8) is 0 Å². The molecule has 1 saturated heterocycles. The standard InChI is InChI=1S/C18H36N4O5S.HI/c1-9-28(24,25)11-10-20-15(19-8)21-12-14-13(2)26-18(6,7)22(14)16(23)27-17(3,4)5;/h13-14H,9-12H2,1-8H3,(H2,19,20,21);1H. The number of carbonyl (C=O) groups excluding carboxylic acids is 1. The van der Waals surface area contributed by atoms with Crippen LogP contribution in [0, 0.1) is 0 Å². The number of sulfone groups is 1. The zero-order valence-corrected chi connectivity index (χ0v) is 21.9. The molecule has 1 heterocycles. The predicted octanol–water partition coefficient (Wildman–Crippen LogP) is 1.96. The van der Waals surface area contributed by atoms with Crippen LogP contribution in [0.2, 0.25) is 0 Å². The number of amides is 1. The molecule has 0 aromatic heterocycles. The fraction of sp³-hybridized carbons (Fsp3) is 0.889. The molecule has 29 heavy (non-hydrogen) atoms. The van der Waals surface area contributed by atoms with Gasteiger partial charge in [-0.25, -0.2) is 13.2 Å². The summed E-state index contributed by atoms with van der Waals surface area (Å²) in [7, 11) is -1.45. The molecule has 1 fully saturated rings. The van der Waals surface area contributed by atoms with Crippen molar-refractivity contribution in [3.8, 4) is 0 Å². The second-order valence-corrected chi connectivity index (χ2v) is 10.8. The second-order valence-electron chi connectivity index (χ2n) is 8.30. The lowest BCUT2D eigenvalue weighted by molar-refractivity contribution is -0.0755. The highest BCUT2D eigenvalue weighted by molar-refractivity contribution is 14.0. The number of ether oxygens (including phenoxy) is 2. The van der Waals surface area contributed by atoms with E-state index in [0.29, 0.717) is 12.5 Å². The molecule has 0 saturated carbocycles. The zero-order valence-electron chi connectivity index (χ0n) is 18.7. The van der Waals surface area contributed by atoms with Crippen LogP contribution in [0.4, 0.5) is 4.79 Å². The number of rotatable bonds is 6. The van der Waals surface area contributed by atoms with Gasteiger partial charge < -0.3 is 20.1 Å². The van der Waals surface area contributed by atoms with Gasteiger partial charge in [0, 0.05) is 25.9 Å². The average molecular weight is 548 g/mol. The van der Waals surface area contributed by atoms with Crippen LogP contribution in [0.3, 0.4) is 0 Å². The molecule has 1 amide bonds. The van der Waals surface area contributed by atoms with Gasteiger partial charge in [-0.15, -0.1) is 24.0 Å². The minimum atomic E-state index is -3.05. The van der Waals surface area contributed by atoms with Gasteiger partial charge in [0.25, 0.3) is 0 Å². The molecular weight excluding hydrogens is 511 g/mol. The molecule has 1 aliphatic rings. The number of guanidine groups is 1. The maximum atomic E-state index is 12.7. The Balaban J connectivity index is 0.00000784. The van der Waals surface area contributed by atoms with E-state index in [1.165, 1.54) is 0 Å². The highest BCUT2D eigenvalue weighted by Gasteiger charge is 2.49. The highest BCUT2D eigenvalue weighted by atomic mass is 127. The van der Waals surface area contributed by atoms with Crippen molar-refractivity contribution in [3.05, 3.63) is 0 Å². The molecular formula is C18H37IN4O5S. The summed E-state index contributed by atoms with van der Waals surface area (Å²) in [5.41, 5.74) is -1.42. The molecule has 2 unspecified atom stereocenters. The summed E-state index contributed by atoms with van der Waals surface area (Å²) in [6.07, 6.45) is -0.653. The lowest BCUT2D eigenvalue weighted by Crippen LogP contribution is -2.54. The average Bonchev–Trinajstić information content (AvgIpc) is 2.77. The van der Waals surface area contributed by atoms with Gasteiger partial charge >= 0.3 is 6.09 Å². The summed E-state index contributed by atoms with van der Waals surface area (Å²) in [4.78, 5) is 18.5. The zero-order chi connectivity index (χ0) is 21.8. The first kappa shape index (κ1) is 28.2. The maximum absolute atomic E-state index is 12.7. The summed E-state index contributed by atoms with van der Waals surface area (Å²) < 4.78 is 34.7. The molecule has 172 valence electrons. The monoisotopic (exact) mass is 548 g/mol. The molecule has 1 aliphatic heterocycles. The third-order valence-corrected chi connectivity index (χ3v) is 6.07. The quantitative estimate of drug-likeness (QED) is 0.297. The van der Waals surface area contributed by atoms with E-state index in [0.717, 1.165) is 0 Å². The number of aliphatic imine (C=N–C) groups is 1. The van der Waals surface area contributed by atoms with Crippen LogP contribution < -0.4 is 10.6 Å². The largest absolute Gasteiger partial charge is 0.444 e. The van der Waals surface area contributed by atoms with Crippen molar-refractivity contribution in [2.75, 3.05) is 31.6 Å². The summed E-state index contributed by atoms with van der Waals surface area (Å²) in [6, 6.07) is -0.275. The molecule has 0 spiro atoms. The number of hydrogen-bond donors (Lipinski definition) is 2. The van der Waals surface area contributed by atoms with E-state index >= 15 is 0 Å². The van der Waals surface area contributed by atoms with Crippen LogP contribution in [0.15, 0.2) is 4.99 Å². The van der Waals surface area contributed by atoms with E-state index in [1.807, 2.05) is 41.5 Å². The first-order chi connectivity index (χ1) is 12.7. The predicted molar refractivity (Wildman–Crippen MR) is 126 cm³/mol. The van der Waals surface area contributed by atoms with E-state index in [9.17, 15) is 13.2 Å². The van der Waals surface area contributed by atoms with Gasteiger partial charge in [-0.3, -0.25) is 9.89 Å². The summed E-state index contributed by atoms with van der Waals surface area (Å²) in [5.74, 6) is 0.606. The fourth-order valence-corrected chi connectivity index (χ4v) is 3.72. The number of hydrogen-bond acceptors (Lipinski definition) is 6. The Kier molecular flexibility index (Phi) is 10.7. The van der Waals surface area contributed by atoms with Gasteiger partial charge in [0.2, 0.25) is 0 Å². The minimum absolute atomic E-state index is 0. The van der Waals surface area contributed by atoms with E-state index in [4.69, 9.17) is 9.47 Å². The van der Waals surface area contributed by atoms with Crippen LogP contribution in [-0.2, 0) is 19.3 Å². The van der Waals surface area contributed by atoms with Crippen molar-refractivity contribution in [1.29, 1.82) is 0 Å². The Bertz CT molecular complexity index is 676. The van der Waals surface area contributed by atoms with Crippen LogP contribution in [0.25, 0.3) is 0 Å². The first-order valence-corrected chi connectivity index (χ1v) is 11.4. The third kappa shape index (κ3) is 8.83. The number of carbonyl (C=O) groups is 1. The molecule has 11 heteroatoms. The Morgan fingerprint density at radius 1 is 1.28 bits per heavy atom. The van der Waals surface area contributed by atoms with E-state index in [-0.39, 0.29) is 54.2 Å². The maximum Gasteiger partial charge on any atom is 0.412 e. The summed E-state index contributed by atoms with van der Waals surface area (Å²) >= 11 is 0. The van der Waals surface area contributed by atoms with Crippen molar-refractivity contribution in [1.82, 2.24) is 15.5 Å². The summed E-state index contributed by atoms with van der Waals surface area (Å²) in [6.45, 7) is 13.3. The third-order valence-electron chi connectivity index (χ3n) is 4.37. The van der Waals surface area contributed by atoms with E-state index < -0.39 is 27.3 Å². The molecule has 0 aromatic carbocycles. The van der Waals surface area contributed by atoms with Gasteiger partial charge in [0.05, 0.1) is 17.9 Å². The normalized spacial score (nSPS) is 22.1. The van der Waals surface area contributed by atoms with Gasteiger partial charge in [-0.05, 0) is 41.5 Å². The molecule has 0 bridgehead atoms. The number of nitrogens with zero attached hydrogens (tertiary/aromatic N) is 2. The van der Waals surface area contributed by atoms with Crippen LogP contribution in [0.1, 0.15) is 48.5 Å². The fourth-order valence-electron chi connectivity index (χ4n) is 3.01. The smallest absolute Gasteiger partial charge is 0.412 e. The van der Waals surface area contributed by atoms with Gasteiger partial charge in [0.1, 0.15) is 11.3 Å². The Morgan fingerprint density at radius 2 is 1.86 bits per heavy atom. The molecule has 0 aromatic rings. The topological polar surface area (TPSA) is 109 Å². The molecule has 0 aliphatic carbocycles. The lowest BCUT2D eigenvalue weighted by atomic mass is 10.1. The molecule has 9 nitrogen and oxygen atoms in total. The second kappa shape index (κ2) is 11.0. The van der Waals surface area contributed by atoms with Crippen molar-refractivity contribution < 1.29 is 22.7 Å². The van der Waals surface area contributed by atoms with Crippen molar-refractivity contribution in [2.24, 2.45) is 4.99 Å². The van der Waals surface area contributed by atoms with E-state index in [2.05, 4.69) is 15.6 Å². The molecule has 2 atom stereocenters. The van der Waals surface area contributed by atoms with Crippen molar-refractivity contribution in [2.45, 2.75) is 71.9 Å². The first-order valence-electron chi connectivity index (χ1n) is 9.57. The number of nitrogens with one attached hydrogen (secondary N) is 2.